The van der Waals surface area contributed by atoms with Gasteiger partial charge in [-0.2, -0.15) is 0 Å². The van der Waals surface area contributed by atoms with Crippen molar-refractivity contribution >= 4 is 33.0 Å². The summed E-state index contributed by atoms with van der Waals surface area (Å²) >= 11 is 6.56. The molecular formula is C12H13ClN2O3S2. The molecule has 1 heterocycles. The van der Waals surface area contributed by atoms with E-state index in [9.17, 15) is 8.42 Å². The number of nitrogens with zero attached hydrogens (tertiary/aromatic N) is 1. The molecule has 0 saturated heterocycles. The molecule has 0 spiro atoms. The van der Waals surface area contributed by atoms with Gasteiger partial charge in [-0.15, -0.1) is 0 Å². The zero-order chi connectivity index (χ0) is 14.6. The molecule has 5 nitrogen and oxygen atoms in total. The van der Waals surface area contributed by atoms with Crippen molar-refractivity contribution in [1.82, 2.24) is 9.71 Å². The van der Waals surface area contributed by atoms with Gasteiger partial charge >= 0.3 is 0 Å². The predicted molar refractivity (Wildman–Crippen MR) is 79.0 cm³/mol. The molecule has 0 aliphatic rings. The first kappa shape index (κ1) is 15.2. The van der Waals surface area contributed by atoms with Crippen LogP contribution in [0, 0.1) is 0 Å². The van der Waals surface area contributed by atoms with E-state index in [0.717, 1.165) is 22.6 Å². The molecule has 1 N–H and O–H groups in total. The number of thiazole rings is 1. The molecule has 0 saturated carbocycles. The van der Waals surface area contributed by atoms with E-state index in [1.54, 1.807) is 7.11 Å². The summed E-state index contributed by atoms with van der Waals surface area (Å²) in [7, 11) is -1.96. The molecule has 0 amide bonds. The maximum Gasteiger partial charge on any atom is 0.251 e. The van der Waals surface area contributed by atoms with E-state index in [-0.39, 0.29) is 15.2 Å². The third-order valence-electron chi connectivity index (χ3n) is 2.60. The minimum absolute atomic E-state index is 0.113. The fourth-order valence-corrected chi connectivity index (χ4v) is 4.03. The Kier molecular flexibility index (Phi) is 4.98. The minimum atomic E-state index is -3.55. The van der Waals surface area contributed by atoms with E-state index >= 15 is 0 Å². The maximum atomic E-state index is 12.0. The highest BCUT2D eigenvalue weighted by Gasteiger charge is 2.17. The van der Waals surface area contributed by atoms with E-state index in [1.165, 1.54) is 6.20 Å². The molecule has 0 aliphatic carbocycles. The van der Waals surface area contributed by atoms with E-state index in [0.29, 0.717) is 6.42 Å². The average Bonchev–Trinajstić information content (AvgIpc) is 2.87. The van der Waals surface area contributed by atoms with Crippen molar-refractivity contribution in [3.05, 3.63) is 40.5 Å². The maximum absolute atomic E-state index is 12.0. The summed E-state index contributed by atoms with van der Waals surface area (Å²) < 4.78 is 32.0. The molecule has 1 aromatic carbocycles. The lowest BCUT2D eigenvalue weighted by Gasteiger charge is -2.08. The molecule has 0 bridgehead atoms. The molecule has 108 valence electrons. The van der Waals surface area contributed by atoms with Gasteiger partial charge in [-0.3, -0.25) is 0 Å². The number of ether oxygens (including phenoxy) is 1. The molecule has 2 rings (SSSR count). The van der Waals surface area contributed by atoms with Crippen LogP contribution in [0.5, 0.6) is 5.75 Å². The average molecular weight is 333 g/mol. The van der Waals surface area contributed by atoms with Gasteiger partial charge in [-0.05, 0) is 18.1 Å². The van der Waals surface area contributed by atoms with Crippen LogP contribution < -0.4 is 9.46 Å². The Morgan fingerprint density at radius 3 is 2.80 bits per heavy atom. The van der Waals surface area contributed by atoms with Crippen LogP contribution in [0.15, 0.2) is 34.7 Å². The van der Waals surface area contributed by atoms with Crippen LogP contribution in [0.4, 0.5) is 0 Å². The lowest BCUT2D eigenvalue weighted by molar-refractivity contribution is 0.409. The zero-order valence-electron chi connectivity index (χ0n) is 10.7. The van der Waals surface area contributed by atoms with Crippen LogP contribution in [0.3, 0.4) is 0 Å². The molecule has 8 heteroatoms. The Hall–Kier alpha value is -1.15. The zero-order valence-corrected chi connectivity index (χ0v) is 13.1. The molecule has 0 unspecified atom stereocenters. The lowest BCUT2D eigenvalue weighted by Crippen LogP contribution is -2.25. The van der Waals surface area contributed by atoms with E-state index in [1.807, 2.05) is 24.3 Å². The van der Waals surface area contributed by atoms with Crippen molar-refractivity contribution in [3.8, 4) is 5.75 Å². The number of hydrogen-bond acceptors (Lipinski definition) is 5. The largest absolute Gasteiger partial charge is 0.496 e. The van der Waals surface area contributed by atoms with E-state index in [4.69, 9.17) is 16.3 Å². The third kappa shape index (κ3) is 3.69. The van der Waals surface area contributed by atoms with Crippen LogP contribution in [-0.2, 0) is 16.4 Å². The number of benzene rings is 1. The SMILES string of the molecule is COc1ccccc1CCNS(=O)(=O)c1cnc(Cl)s1. The summed E-state index contributed by atoms with van der Waals surface area (Å²) in [6.45, 7) is 0.276. The highest BCUT2D eigenvalue weighted by atomic mass is 35.5. The van der Waals surface area contributed by atoms with Gasteiger partial charge in [0, 0.05) is 6.54 Å². The minimum Gasteiger partial charge on any atom is -0.496 e. The second kappa shape index (κ2) is 6.53. The number of methoxy groups -OCH3 is 1. The van der Waals surface area contributed by atoms with Gasteiger partial charge in [0.25, 0.3) is 10.0 Å². The van der Waals surface area contributed by atoms with Crippen molar-refractivity contribution in [1.29, 1.82) is 0 Å². The number of nitrogens with one attached hydrogen (secondary N) is 1. The molecule has 0 radical (unpaired) electrons. The second-order valence-electron chi connectivity index (χ2n) is 3.89. The lowest BCUT2D eigenvalue weighted by atomic mass is 10.1. The Morgan fingerprint density at radius 1 is 1.40 bits per heavy atom. The summed E-state index contributed by atoms with van der Waals surface area (Å²) in [6.07, 6.45) is 1.79. The smallest absolute Gasteiger partial charge is 0.251 e. The Bertz CT molecular complexity index is 686. The monoisotopic (exact) mass is 332 g/mol. The van der Waals surface area contributed by atoms with Crippen LogP contribution in [0.25, 0.3) is 0 Å². The van der Waals surface area contributed by atoms with Gasteiger partial charge in [-0.1, -0.05) is 41.1 Å². The van der Waals surface area contributed by atoms with Gasteiger partial charge in [0.05, 0.1) is 13.3 Å². The quantitative estimate of drug-likeness (QED) is 0.881. The number of rotatable bonds is 6. The van der Waals surface area contributed by atoms with Crippen LogP contribution in [0.1, 0.15) is 5.56 Å². The highest BCUT2D eigenvalue weighted by molar-refractivity contribution is 7.91. The third-order valence-corrected chi connectivity index (χ3v) is 5.64. The summed E-state index contributed by atoms with van der Waals surface area (Å²) in [6, 6.07) is 7.49. The molecule has 1 aromatic heterocycles. The fourth-order valence-electron chi connectivity index (χ4n) is 1.66. The van der Waals surface area contributed by atoms with Gasteiger partial charge in [0.1, 0.15) is 5.75 Å². The topological polar surface area (TPSA) is 68.3 Å². The summed E-state index contributed by atoms with van der Waals surface area (Å²) in [5, 5.41) is 0. The number of sulfonamides is 1. The van der Waals surface area contributed by atoms with Crippen molar-refractivity contribution in [3.63, 3.8) is 0 Å². The van der Waals surface area contributed by atoms with Crippen LogP contribution in [-0.4, -0.2) is 27.1 Å². The van der Waals surface area contributed by atoms with E-state index < -0.39 is 10.0 Å². The molecule has 20 heavy (non-hydrogen) atoms. The Balaban J connectivity index is 1.99. The summed E-state index contributed by atoms with van der Waals surface area (Å²) in [5.74, 6) is 0.743. The summed E-state index contributed by atoms with van der Waals surface area (Å²) in [5.41, 5.74) is 0.944. The van der Waals surface area contributed by atoms with Crippen molar-refractivity contribution in [2.45, 2.75) is 10.6 Å². The molecular weight excluding hydrogens is 320 g/mol. The fraction of sp³-hybridized carbons (Fsp3) is 0.250. The number of aromatic nitrogens is 1. The normalized spacial score (nSPS) is 11.5. The molecule has 0 atom stereocenters. The second-order valence-corrected chi connectivity index (χ2v) is 7.50. The standard InChI is InChI=1S/C12H13ClN2O3S2/c1-18-10-5-3-2-4-9(10)6-7-15-20(16,17)11-8-14-12(13)19-11/h2-5,8,15H,6-7H2,1H3. The van der Waals surface area contributed by atoms with Gasteiger partial charge in [-0.25, -0.2) is 18.1 Å². The number of para-hydroxylation sites is 1. The first-order chi connectivity index (χ1) is 9.53. The van der Waals surface area contributed by atoms with Crippen LogP contribution in [0.2, 0.25) is 4.47 Å². The Morgan fingerprint density at radius 2 is 2.15 bits per heavy atom. The van der Waals surface area contributed by atoms with Crippen molar-refractivity contribution < 1.29 is 13.2 Å². The Labute approximate surface area is 126 Å². The van der Waals surface area contributed by atoms with Crippen LogP contribution >= 0.6 is 22.9 Å². The summed E-state index contributed by atoms with van der Waals surface area (Å²) in [4.78, 5) is 3.72. The molecule has 2 aromatic rings. The molecule has 0 fully saturated rings. The number of hydrogen-bond donors (Lipinski definition) is 1. The van der Waals surface area contributed by atoms with Gasteiger partial charge < -0.3 is 4.74 Å². The van der Waals surface area contributed by atoms with Gasteiger partial charge in [0.15, 0.2) is 8.68 Å². The first-order valence-electron chi connectivity index (χ1n) is 5.76. The van der Waals surface area contributed by atoms with Crippen molar-refractivity contribution in [2.24, 2.45) is 0 Å². The van der Waals surface area contributed by atoms with E-state index in [2.05, 4.69) is 9.71 Å². The predicted octanol–water partition coefficient (Wildman–Crippen LogP) is 2.33. The first-order valence-corrected chi connectivity index (χ1v) is 8.43. The molecule has 0 aliphatic heterocycles. The van der Waals surface area contributed by atoms with Gasteiger partial charge in [0.2, 0.25) is 0 Å². The number of halogens is 1. The van der Waals surface area contributed by atoms with Crippen molar-refractivity contribution in [2.75, 3.05) is 13.7 Å². The highest BCUT2D eigenvalue weighted by Crippen LogP contribution is 2.22.